The summed E-state index contributed by atoms with van der Waals surface area (Å²) in [6.45, 7) is 0.374. The zero-order valence-electron chi connectivity index (χ0n) is 8.43. The van der Waals surface area contributed by atoms with Crippen molar-refractivity contribution in [3.8, 4) is 0 Å². The average Bonchev–Trinajstić information content (AvgIpc) is 2.27. The van der Waals surface area contributed by atoms with E-state index >= 15 is 0 Å². The van der Waals surface area contributed by atoms with Gasteiger partial charge < -0.3 is 5.73 Å². The monoisotopic (exact) mass is 235 g/mol. The van der Waals surface area contributed by atoms with E-state index in [1.54, 1.807) is 12.3 Å². The summed E-state index contributed by atoms with van der Waals surface area (Å²) >= 11 is 5.77. The number of hydrogen-bond acceptors (Lipinski definition) is 3. The highest BCUT2D eigenvalue weighted by molar-refractivity contribution is 6.30. The van der Waals surface area contributed by atoms with Gasteiger partial charge in [0.25, 0.3) is 0 Å². The minimum Gasteiger partial charge on any atom is -0.398 e. The predicted octanol–water partition coefficient (Wildman–Crippen LogP) is 1.53. The molecule has 16 heavy (non-hydrogen) atoms. The molecule has 4 nitrogen and oxygen atoms in total. The molecular weight excluding hydrogens is 226 g/mol. The number of anilines is 1. The third-order valence-electron chi connectivity index (χ3n) is 2.22. The van der Waals surface area contributed by atoms with Gasteiger partial charge >= 0.3 is 5.69 Å². The van der Waals surface area contributed by atoms with Crippen LogP contribution < -0.4 is 11.4 Å². The highest BCUT2D eigenvalue weighted by Crippen LogP contribution is 2.12. The molecule has 0 aliphatic carbocycles. The Kier molecular flexibility index (Phi) is 2.92. The van der Waals surface area contributed by atoms with Crippen molar-refractivity contribution in [3.05, 3.63) is 57.7 Å². The van der Waals surface area contributed by atoms with E-state index in [0.717, 1.165) is 5.56 Å². The zero-order chi connectivity index (χ0) is 11.5. The van der Waals surface area contributed by atoms with Crippen LogP contribution in [-0.4, -0.2) is 9.55 Å². The van der Waals surface area contributed by atoms with Crippen molar-refractivity contribution in [3.63, 3.8) is 0 Å². The first-order chi connectivity index (χ1) is 7.66. The van der Waals surface area contributed by atoms with Crippen molar-refractivity contribution in [2.75, 3.05) is 5.73 Å². The molecule has 0 fully saturated rings. The van der Waals surface area contributed by atoms with Gasteiger partial charge in [0.05, 0.1) is 17.8 Å². The van der Waals surface area contributed by atoms with Gasteiger partial charge in [0, 0.05) is 11.9 Å². The summed E-state index contributed by atoms with van der Waals surface area (Å²) in [6, 6.07) is 7.37. The van der Waals surface area contributed by atoms with Crippen LogP contribution in [0.1, 0.15) is 5.56 Å². The Morgan fingerprint density at radius 2 is 2.12 bits per heavy atom. The van der Waals surface area contributed by atoms with Crippen LogP contribution >= 0.6 is 11.6 Å². The fourth-order valence-corrected chi connectivity index (χ4v) is 1.57. The first-order valence-corrected chi connectivity index (χ1v) is 5.10. The molecule has 2 N–H and O–H groups in total. The van der Waals surface area contributed by atoms with Crippen LogP contribution in [0, 0.1) is 0 Å². The molecule has 0 radical (unpaired) electrons. The lowest BCUT2D eigenvalue weighted by Gasteiger charge is -2.07. The number of hydrogen-bond donors (Lipinski definition) is 1. The molecule has 5 heteroatoms. The molecule has 0 saturated carbocycles. The molecule has 2 rings (SSSR count). The van der Waals surface area contributed by atoms with Gasteiger partial charge in [-0.15, -0.1) is 0 Å². The highest BCUT2D eigenvalue weighted by atomic mass is 35.5. The zero-order valence-corrected chi connectivity index (χ0v) is 9.19. The van der Waals surface area contributed by atoms with Crippen molar-refractivity contribution < 1.29 is 0 Å². The molecule has 0 saturated heterocycles. The molecule has 0 bridgehead atoms. The molecule has 0 amide bonds. The largest absolute Gasteiger partial charge is 0.398 e. The molecule has 0 aliphatic heterocycles. The standard InChI is InChI=1S/C11H10ClN3O/c12-9-5-14-11(16)15(7-9)6-8-3-1-2-4-10(8)13/h1-5,7H,6,13H2. The van der Waals surface area contributed by atoms with E-state index in [0.29, 0.717) is 17.3 Å². The van der Waals surface area contributed by atoms with Gasteiger partial charge in [-0.3, -0.25) is 4.57 Å². The number of halogens is 1. The molecule has 1 aromatic carbocycles. The van der Waals surface area contributed by atoms with Gasteiger partial charge in [-0.25, -0.2) is 9.78 Å². The lowest BCUT2D eigenvalue weighted by Crippen LogP contribution is -2.22. The lowest BCUT2D eigenvalue weighted by atomic mass is 10.2. The quantitative estimate of drug-likeness (QED) is 0.803. The fraction of sp³-hybridized carbons (Fsp3) is 0.0909. The second-order valence-corrected chi connectivity index (χ2v) is 3.82. The van der Waals surface area contributed by atoms with E-state index in [1.807, 2.05) is 18.2 Å². The molecular formula is C11H10ClN3O. The van der Waals surface area contributed by atoms with Crippen molar-refractivity contribution in [1.29, 1.82) is 0 Å². The van der Waals surface area contributed by atoms with Crippen molar-refractivity contribution in [1.82, 2.24) is 9.55 Å². The summed E-state index contributed by atoms with van der Waals surface area (Å²) < 4.78 is 1.42. The number of nitrogens with zero attached hydrogens (tertiary/aromatic N) is 2. The molecule has 0 unspecified atom stereocenters. The van der Waals surface area contributed by atoms with Gasteiger partial charge in [-0.2, -0.15) is 0 Å². The van der Waals surface area contributed by atoms with Gasteiger partial charge in [-0.05, 0) is 11.6 Å². The van der Waals surface area contributed by atoms with E-state index in [-0.39, 0.29) is 5.69 Å². The maximum absolute atomic E-state index is 11.4. The van der Waals surface area contributed by atoms with E-state index < -0.39 is 0 Å². The second kappa shape index (κ2) is 4.37. The van der Waals surface area contributed by atoms with E-state index in [2.05, 4.69) is 4.98 Å². The number of rotatable bonds is 2. The molecule has 82 valence electrons. The van der Waals surface area contributed by atoms with Crippen LogP contribution in [0.5, 0.6) is 0 Å². The number of nitrogens with two attached hydrogens (primary N) is 1. The summed E-state index contributed by atoms with van der Waals surface area (Å²) in [5, 5.41) is 0.425. The Labute approximate surface area is 97.3 Å². The minimum absolute atomic E-state index is 0.340. The summed E-state index contributed by atoms with van der Waals surface area (Å²) in [4.78, 5) is 15.1. The lowest BCUT2D eigenvalue weighted by molar-refractivity contribution is 0.728. The Bertz CT molecular complexity index is 565. The number of benzene rings is 1. The summed E-state index contributed by atoms with van der Waals surface area (Å²) in [5.41, 5.74) is 6.96. The van der Waals surface area contributed by atoms with Crippen LogP contribution in [-0.2, 0) is 6.54 Å². The van der Waals surface area contributed by atoms with E-state index in [4.69, 9.17) is 17.3 Å². The molecule has 0 spiro atoms. The fourth-order valence-electron chi connectivity index (χ4n) is 1.40. The minimum atomic E-state index is -0.340. The van der Waals surface area contributed by atoms with Gasteiger partial charge in [0.1, 0.15) is 0 Å². The molecule has 0 aliphatic rings. The van der Waals surface area contributed by atoms with Crippen LogP contribution in [0.2, 0.25) is 5.02 Å². The summed E-state index contributed by atoms with van der Waals surface area (Å²) in [6.07, 6.45) is 2.87. The van der Waals surface area contributed by atoms with Gasteiger partial charge in [0.2, 0.25) is 0 Å². The summed E-state index contributed by atoms with van der Waals surface area (Å²) in [7, 11) is 0. The maximum atomic E-state index is 11.4. The van der Waals surface area contributed by atoms with Crippen molar-refractivity contribution in [2.45, 2.75) is 6.54 Å². The van der Waals surface area contributed by atoms with Gasteiger partial charge in [-0.1, -0.05) is 29.8 Å². The van der Waals surface area contributed by atoms with Crippen molar-refractivity contribution >= 4 is 17.3 Å². The Hall–Kier alpha value is -1.81. The smallest absolute Gasteiger partial charge is 0.347 e. The highest BCUT2D eigenvalue weighted by Gasteiger charge is 2.02. The first-order valence-electron chi connectivity index (χ1n) is 4.72. The number of aromatic nitrogens is 2. The molecule has 1 heterocycles. The first kappa shape index (κ1) is 10.7. The Morgan fingerprint density at radius 1 is 1.38 bits per heavy atom. The third-order valence-corrected chi connectivity index (χ3v) is 2.41. The normalized spacial score (nSPS) is 10.3. The number of para-hydroxylation sites is 1. The molecule has 1 aromatic heterocycles. The number of nitrogen functional groups attached to an aromatic ring is 1. The van der Waals surface area contributed by atoms with E-state index in [1.165, 1.54) is 10.8 Å². The van der Waals surface area contributed by atoms with Crippen LogP contribution in [0.3, 0.4) is 0 Å². The topological polar surface area (TPSA) is 60.9 Å². The van der Waals surface area contributed by atoms with Crippen LogP contribution in [0.4, 0.5) is 5.69 Å². The van der Waals surface area contributed by atoms with E-state index in [9.17, 15) is 4.79 Å². The van der Waals surface area contributed by atoms with Crippen molar-refractivity contribution in [2.24, 2.45) is 0 Å². The average molecular weight is 236 g/mol. The van der Waals surface area contributed by atoms with Crippen LogP contribution in [0.15, 0.2) is 41.5 Å². The van der Waals surface area contributed by atoms with Crippen LogP contribution in [0.25, 0.3) is 0 Å². The maximum Gasteiger partial charge on any atom is 0.347 e. The third kappa shape index (κ3) is 2.23. The Balaban J connectivity index is 2.38. The predicted molar refractivity (Wildman–Crippen MR) is 63.5 cm³/mol. The summed E-state index contributed by atoms with van der Waals surface area (Å²) in [5.74, 6) is 0. The molecule has 2 aromatic rings. The van der Waals surface area contributed by atoms with Gasteiger partial charge in [0.15, 0.2) is 0 Å². The molecule has 0 atom stereocenters. The Morgan fingerprint density at radius 3 is 2.88 bits per heavy atom. The SMILES string of the molecule is Nc1ccccc1Cn1cc(Cl)cnc1=O. The second-order valence-electron chi connectivity index (χ2n) is 3.38.